The zero-order valence-corrected chi connectivity index (χ0v) is 33.4. The summed E-state index contributed by atoms with van der Waals surface area (Å²) in [5.74, 6) is 1.69. The summed E-state index contributed by atoms with van der Waals surface area (Å²) in [6, 6.07) is 28.9. The number of unbranched alkanes of at least 4 members (excludes halogenated alkanes) is 3. The Morgan fingerprint density at radius 2 is 0.900 bits per heavy atom. The molecular formula is C45H42N6O9. The van der Waals surface area contributed by atoms with E-state index in [-0.39, 0.29) is 18.2 Å². The molecule has 0 N–H and O–H groups in total. The molecule has 7 aromatic rings. The van der Waals surface area contributed by atoms with E-state index in [9.17, 15) is 4.79 Å². The van der Waals surface area contributed by atoms with Gasteiger partial charge >= 0.3 is 18.3 Å². The molecule has 0 radical (unpaired) electrons. The molecule has 15 heteroatoms. The maximum absolute atomic E-state index is 12.6. The average molecular weight is 811 g/mol. The maximum atomic E-state index is 12.6. The molecule has 0 unspecified atom stereocenters. The Hall–Kier alpha value is -7.47. The molecule has 0 bridgehead atoms. The van der Waals surface area contributed by atoms with Crippen molar-refractivity contribution in [2.45, 2.75) is 72.1 Å². The highest BCUT2D eigenvalue weighted by Crippen LogP contribution is 2.34. The fourth-order valence-corrected chi connectivity index (χ4v) is 6.04. The van der Waals surface area contributed by atoms with Crippen LogP contribution >= 0.6 is 0 Å². The smallest absolute Gasteiger partial charge is 0.373 e. The Morgan fingerprint density at radius 3 is 1.30 bits per heavy atom. The van der Waals surface area contributed by atoms with Crippen LogP contribution in [0.15, 0.2) is 105 Å². The molecule has 0 aliphatic rings. The van der Waals surface area contributed by atoms with Crippen molar-refractivity contribution in [3.63, 3.8) is 0 Å². The molecule has 60 heavy (non-hydrogen) atoms. The van der Waals surface area contributed by atoms with Crippen LogP contribution in [0.5, 0.6) is 0 Å². The Bertz CT molecular complexity index is 2430. The first-order valence-electron chi connectivity index (χ1n) is 19.5. The standard InChI is InChI=1S/C43H42N6O5.2CO2/c1-4-7-13-28-15-10-17-30(22-28)37-44-40(52-47-37)34-25-35(41-45-38(48-53-41)31-18-11-16-29(23-31)14-8-5-2)27-36(26-34)42-46-39(49-54-42)32-19-12-20-33(24-32)43(50)51-21-9-6-3;2*2-1-3/h10-12,15-20,22-27H,4-9,13-14,21H2,1-3H3;;. The van der Waals surface area contributed by atoms with Gasteiger partial charge in [-0.25, -0.2) is 4.79 Å². The van der Waals surface area contributed by atoms with Crippen LogP contribution in [0.4, 0.5) is 0 Å². The summed E-state index contributed by atoms with van der Waals surface area (Å²) in [7, 11) is 0. The van der Waals surface area contributed by atoms with Crippen LogP contribution in [0.2, 0.25) is 0 Å². The lowest BCUT2D eigenvalue weighted by Crippen LogP contribution is -2.06. The van der Waals surface area contributed by atoms with Crippen molar-refractivity contribution in [1.82, 2.24) is 30.4 Å². The number of aryl methyl sites for hydroxylation is 2. The third kappa shape index (κ3) is 11.8. The van der Waals surface area contributed by atoms with Gasteiger partial charge in [-0.1, -0.05) is 104 Å². The number of carbonyl (C=O) groups is 1. The lowest BCUT2D eigenvalue weighted by molar-refractivity contribution is -0.193. The zero-order valence-electron chi connectivity index (χ0n) is 33.4. The number of esters is 1. The van der Waals surface area contributed by atoms with Gasteiger partial charge in [-0.05, 0) is 85.7 Å². The predicted molar refractivity (Wildman–Crippen MR) is 215 cm³/mol. The predicted octanol–water partition coefficient (Wildman–Crippen LogP) is 9.31. The van der Waals surface area contributed by atoms with Gasteiger partial charge in [0.2, 0.25) is 17.5 Å². The van der Waals surface area contributed by atoms with Gasteiger partial charge in [0.15, 0.2) is 0 Å². The van der Waals surface area contributed by atoms with Crippen LogP contribution in [-0.4, -0.2) is 55.3 Å². The van der Waals surface area contributed by atoms with Gasteiger partial charge in [0.05, 0.1) is 12.2 Å². The molecule has 0 saturated heterocycles. The second kappa shape index (κ2) is 22.5. The first kappa shape index (κ1) is 43.6. The molecule has 15 nitrogen and oxygen atoms in total. The summed E-state index contributed by atoms with van der Waals surface area (Å²) < 4.78 is 22.9. The van der Waals surface area contributed by atoms with Crippen molar-refractivity contribution in [2.75, 3.05) is 6.61 Å². The van der Waals surface area contributed by atoms with E-state index in [1.54, 1.807) is 18.2 Å². The lowest BCUT2D eigenvalue weighted by Gasteiger charge is -2.04. The summed E-state index contributed by atoms with van der Waals surface area (Å²) in [6.07, 6.45) is 8.63. The number of benzene rings is 4. The molecular weight excluding hydrogens is 769 g/mol. The quantitative estimate of drug-likeness (QED) is 0.0657. The van der Waals surface area contributed by atoms with Crippen LogP contribution in [0.1, 0.15) is 80.8 Å². The number of carbonyl (C=O) groups excluding carboxylic acids is 5. The number of aromatic nitrogens is 6. The second-order valence-electron chi connectivity index (χ2n) is 13.4. The van der Waals surface area contributed by atoms with Gasteiger partial charge < -0.3 is 18.3 Å². The first-order valence-corrected chi connectivity index (χ1v) is 19.5. The van der Waals surface area contributed by atoms with Gasteiger partial charge in [-0.2, -0.15) is 34.1 Å². The highest BCUT2D eigenvalue weighted by atomic mass is 16.5. The van der Waals surface area contributed by atoms with Crippen molar-refractivity contribution in [3.8, 4) is 68.5 Å². The Labute approximate surface area is 345 Å². The second-order valence-corrected chi connectivity index (χ2v) is 13.4. The minimum atomic E-state index is -0.399. The minimum Gasteiger partial charge on any atom is -0.462 e. The number of nitrogens with zero attached hydrogens (tertiary/aromatic N) is 6. The molecule has 7 rings (SSSR count). The molecule has 4 aromatic carbocycles. The molecule has 0 amide bonds. The van der Waals surface area contributed by atoms with Crippen molar-refractivity contribution < 1.29 is 42.3 Å². The summed E-state index contributed by atoms with van der Waals surface area (Å²) in [4.78, 5) is 59.4. The molecule has 0 spiro atoms. The minimum absolute atomic E-state index is 0.232. The molecule has 306 valence electrons. The highest BCUT2D eigenvalue weighted by Gasteiger charge is 2.21. The Balaban J connectivity index is 0.00000107. The highest BCUT2D eigenvalue weighted by molar-refractivity contribution is 5.90. The maximum Gasteiger partial charge on any atom is 0.373 e. The number of rotatable bonds is 16. The van der Waals surface area contributed by atoms with E-state index >= 15 is 0 Å². The fourth-order valence-electron chi connectivity index (χ4n) is 6.04. The van der Waals surface area contributed by atoms with E-state index in [0.717, 1.165) is 62.5 Å². The van der Waals surface area contributed by atoms with E-state index in [1.165, 1.54) is 11.1 Å². The SMILES string of the molecule is CCCCOC(=O)c1cccc(-c2noc(-c3cc(-c4nc(-c5cccc(CCCC)c5)no4)cc(-c4nc(-c5cccc(CCCC)c5)no4)c3)n2)c1.O=C=O.O=C=O. The van der Waals surface area contributed by atoms with Crippen LogP contribution in [0, 0.1) is 0 Å². The van der Waals surface area contributed by atoms with Crippen LogP contribution in [0.25, 0.3) is 68.5 Å². The molecule has 0 aliphatic carbocycles. The molecule has 0 aliphatic heterocycles. The van der Waals surface area contributed by atoms with Crippen LogP contribution in [0.3, 0.4) is 0 Å². The van der Waals surface area contributed by atoms with Crippen molar-refractivity contribution in [2.24, 2.45) is 0 Å². The average Bonchev–Trinajstić information content (AvgIpc) is 4.09. The van der Waals surface area contributed by atoms with Gasteiger partial charge in [0.25, 0.3) is 17.7 Å². The molecule has 3 heterocycles. The first-order chi connectivity index (χ1) is 29.3. The van der Waals surface area contributed by atoms with Crippen molar-refractivity contribution >= 4 is 18.3 Å². The van der Waals surface area contributed by atoms with Gasteiger partial charge in [0, 0.05) is 33.4 Å². The van der Waals surface area contributed by atoms with E-state index < -0.39 is 5.97 Å². The van der Waals surface area contributed by atoms with E-state index in [1.807, 2.05) is 55.5 Å². The topological polar surface area (TPSA) is 211 Å². The normalized spacial score (nSPS) is 10.4. The Morgan fingerprint density at radius 1 is 0.517 bits per heavy atom. The molecule has 3 aromatic heterocycles. The summed E-state index contributed by atoms with van der Waals surface area (Å²) in [5.41, 5.74) is 6.97. The number of ether oxygens (including phenoxy) is 1. The van der Waals surface area contributed by atoms with E-state index in [2.05, 4.69) is 53.6 Å². The largest absolute Gasteiger partial charge is 0.462 e. The molecule has 0 atom stereocenters. The third-order valence-electron chi connectivity index (χ3n) is 9.05. The van der Waals surface area contributed by atoms with Gasteiger partial charge in [0.1, 0.15) is 0 Å². The lowest BCUT2D eigenvalue weighted by atomic mass is 10.0. The third-order valence-corrected chi connectivity index (χ3v) is 9.05. The summed E-state index contributed by atoms with van der Waals surface area (Å²) in [5, 5.41) is 12.9. The number of hydrogen-bond acceptors (Lipinski definition) is 15. The van der Waals surface area contributed by atoms with Crippen molar-refractivity contribution in [1.29, 1.82) is 0 Å². The van der Waals surface area contributed by atoms with E-state index in [0.29, 0.717) is 63.7 Å². The van der Waals surface area contributed by atoms with Gasteiger partial charge in [-0.3, -0.25) is 0 Å². The summed E-state index contributed by atoms with van der Waals surface area (Å²) in [6.45, 7) is 6.77. The fraction of sp³-hybridized carbons (Fsp3) is 0.267. The van der Waals surface area contributed by atoms with Gasteiger partial charge in [-0.15, -0.1) is 0 Å². The molecule has 0 saturated carbocycles. The van der Waals surface area contributed by atoms with Crippen LogP contribution in [-0.2, 0) is 36.8 Å². The Kier molecular flexibility index (Phi) is 16.3. The van der Waals surface area contributed by atoms with E-state index in [4.69, 9.17) is 52.4 Å². The molecule has 0 fully saturated rings. The zero-order chi connectivity index (χ0) is 42.7. The van der Waals surface area contributed by atoms with Crippen molar-refractivity contribution in [3.05, 3.63) is 108 Å². The number of hydrogen-bond donors (Lipinski definition) is 0. The summed E-state index contributed by atoms with van der Waals surface area (Å²) >= 11 is 0. The van der Waals surface area contributed by atoms with Crippen LogP contribution < -0.4 is 0 Å². The monoisotopic (exact) mass is 810 g/mol.